The van der Waals surface area contributed by atoms with Crippen molar-refractivity contribution >= 4 is 0 Å². The lowest BCUT2D eigenvalue weighted by molar-refractivity contribution is -0.464. The van der Waals surface area contributed by atoms with Gasteiger partial charge >= 0.3 is 47.8 Å². The lowest BCUT2D eigenvalue weighted by atomic mass is 9.90. The summed E-state index contributed by atoms with van der Waals surface area (Å²) < 4.78 is 224. The third-order valence-electron chi connectivity index (χ3n) is 2.84. The summed E-state index contributed by atoms with van der Waals surface area (Å²) in [4.78, 5) is 0. The molecular weight excluding hydrogens is 452 g/mol. The normalized spacial score (nSPS) is 16.7. The highest BCUT2D eigenvalue weighted by Gasteiger charge is 2.95. The number of hydrogen-bond acceptors (Lipinski definition) is 1. The van der Waals surface area contributed by atoms with Gasteiger partial charge in [-0.15, -0.1) is 4.48 Å². The lowest BCUT2D eigenvalue weighted by Crippen LogP contribution is -2.75. The molecule has 0 rings (SSSR count). The van der Waals surface area contributed by atoms with Gasteiger partial charge in [0.15, 0.2) is 0 Å². The highest BCUT2D eigenvalue weighted by Crippen LogP contribution is 2.63. The number of halogens is 18. The zero-order chi connectivity index (χ0) is 22.7. The summed E-state index contributed by atoms with van der Waals surface area (Å²) in [5.41, 5.74) is -1.55. The quantitative estimate of drug-likeness (QED) is 0.308. The fourth-order valence-electron chi connectivity index (χ4n) is 1.22. The SMILES string of the molecule is FNC(F)(F)C(F)(F)C(F)(F)C(F)(F)C(F)(F)C(F)(F)C(F)(F)C(F)(F)F. The Kier molecular flexibility index (Phi) is 5.80. The van der Waals surface area contributed by atoms with E-state index in [2.05, 4.69) is 0 Å². The largest absolute Gasteiger partial charge is 0.460 e. The molecule has 0 aromatic rings. The van der Waals surface area contributed by atoms with Gasteiger partial charge in [-0.3, -0.25) is 0 Å². The van der Waals surface area contributed by atoms with Crippen LogP contribution in [0.2, 0.25) is 0 Å². The van der Waals surface area contributed by atoms with Crippen molar-refractivity contribution in [3.05, 3.63) is 0 Å². The van der Waals surface area contributed by atoms with E-state index in [1.54, 1.807) is 0 Å². The fraction of sp³-hybridized carbons (Fsp3) is 1.00. The van der Waals surface area contributed by atoms with Crippen molar-refractivity contribution in [3.63, 3.8) is 0 Å². The molecule has 0 saturated carbocycles. The highest BCUT2D eigenvalue weighted by molar-refractivity contribution is 5.14. The molecule has 0 unspecified atom stereocenters. The van der Waals surface area contributed by atoms with Gasteiger partial charge in [-0.2, -0.15) is 74.6 Å². The number of rotatable bonds is 7. The summed E-state index contributed by atoms with van der Waals surface area (Å²) in [6, 6.07) is -7.18. The van der Waals surface area contributed by atoms with Gasteiger partial charge in [-0.1, -0.05) is 5.54 Å². The van der Waals surface area contributed by atoms with Crippen molar-refractivity contribution in [2.75, 3.05) is 0 Å². The van der Waals surface area contributed by atoms with Gasteiger partial charge in [0.2, 0.25) is 0 Å². The fourth-order valence-corrected chi connectivity index (χ4v) is 1.22. The Morgan fingerprint density at radius 2 is 0.556 bits per heavy atom. The van der Waals surface area contributed by atoms with E-state index < -0.39 is 53.3 Å². The van der Waals surface area contributed by atoms with Crippen LogP contribution >= 0.6 is 0 Å². The van der Waals surface area contributed by atoms with E-state index in [0.29, 0.717) is 0 Å². The van der Waals surface area contributed by atoms with E-state index in [1.165, 1.54) is 0 Å². The molecular formula is C8HF18N. The molecule has 0 fully saturated rings. The Bertz CT molecular complexity index is 542. The molecule has 0 heterocycles. The summed E-state index contributed by atoms with van der Waals surface area (Å²) in [6.07, 6.45) is -7.81. The monoisotopic (exact) mass is 453 g/mol. The minimum atomic E-state index is -8.71. The second-order valence-corrected chi connectivity index (χ2v) is 4.61. The summed E-state index contributed by atoms with van der Waals surface area (Å²) >= 11 is 0. The van der Waals surface area contributed by atoms with Crippen LogP contribution in [0.15, 0.2) is 0 Å². The summed E-state index contributed by atoms with van der Waals surface area (Å²) in [6.45, 7) is 0. The topological polar surface area (TPSA) is 12.0 Å². The lowest BCUT2D eigenvalue weighted by Gasteiger charge is -2.42. The van der Waals surface area contributed by atoms with Gasteiger partial charge in [-0.05, 0) is 0 Å². The van der Waals surface area contributed by atoms with Gasteiger partial charge in [0.1, 0.15) is 0 Å². The van der Waals surface area contributed by atoms with E-state index >= 15 is 0 Å². The molecule has 1 nitrogen and oxygen atoms in total. The van der Waals surface area contributed by atoms with Crippen LogP contribution in [0.3, 0.4) is 0 Å². The van der Waals surface area contributed by atoms with Crippen molar-refractivity contribution in [2.45, 2.75) is 47.8 Å². The average molecular weight is 453 g/mol. The Hall–Kier alpha value is -1.30. The molecule has 0 saturated heterocycles. The highest BCUT2D eigenvalue weighted by atomic mass is 19.4. The van der Waals surface area contributed by atoms with Crippen molar-refractivity contribution in [3.8, 4) is 0 Å². The maximum Gasteiger partial charge on any atom is 0.460 e. The summed E-state index contributed by atoms with van der Waals surface area (Å²) in [5, 5.41) is 0. The standard InChI is InChI=1S/C8HF18N/c9-1(10,3(13,14)5(17,18)7(21,22)23)2(11,12)4(15,16)6(19,20)8(24,25)27-26/h27H. The molecule has 164 valence electrons. The second kappa shape index (κ2) is 6.10. The van der Waals surface area contributed by atoms with Crippen LogP contribution < -0.4 is 5.54 Å². The first-order valence-corrected chi connectivity index (χ1v) is 5.40. The molecule has 0 atom stereocenters. The van der Waals surface area contributed by atoms with E-state index in [1.807, 2.05) is 0 Å². The van der Waals surface area contributed by atoms with Crippen LogP contribution in [-0.4, -0.2) is 47.8 Å². The van der Waals surface area contributed by atoms with Crippen LogP contribution in [0.4, 0.5) is 79.1 Å². The van der Waals surface area contributed by atoms with Crippen molar-refractivity contribution in [2.24, 2.45) is 0 Å². The third kappa shape index (κ3) is 3.04. The Balaban J connectivity index is 6.65. The summed E-state index contributed by atoms with van der Waals surface area (Å²) in [7, 11) is 0. The number of hydrogen-bond donors (Lipinski definition) is 1. The van der Waals surface area contributed by atoms with E-state index in [0.717, 1.165) is 0 Å². The smallest absolute Gasteiger partial charge is 0.192 e. The van der Waals surface area contributed by atoms with Crippen molar-refractivity contribution < 1.29 is 79.1 Å². The predicted molar refractivity (Wildman–Crippen MR) is 44.9 cm³/mol. The number of alkyl halides is 17. The third-order valence-corrected chi connectivity index (χ3v) is 2.84. The van der Waals surface area contributed by atoms with Gasteiger partial charge in [0.25, 0.3) is 0 Å². The number of nitrogens with one attached hydrogen (secondary N) is 1. The molecule has 1 N–H and O–H groups in total. The molecule has 0 spiro atoms. The molecule has 0 aliphatic heterocycles. The van der Waals surface area contributed by atoms with Gasteiger partial charge in [0.05, 0.1) is 0 Å². The first-order chi connectivity index (χ1) is 11.3. The maximum atomic E-state index is 12.9. The molecule has 0 radical (unpaired) electrons. The molecule has 27 heavy (non-hydrogen) atoms. The Labute approximate surface area is 134 Å². The zero-order valence-electron chi connectivity index (χ0n) is 11.3. The molecule has 0 amide bonds. The van der Waals surface area contributed by atoms with Gasteiger partial charge in [-0.25, -0.2) is 0 Å². The second-order valence-electron chi connectivity index (χ2n) is 4.61. The molecule has 0 aliphatic rings. The van der Waals surface area contributed by atoms with Crippen molar-refractivity contribution in [1.29, 1.82) is 0 Å². The van der Waals surface area contributed by atoms with Crippen molar-refractivity contribution in [1.82, 2.24) is 5.54 Å². The molecule has 0 aliphatic carbocycles. The first-order valence-electron chi connectivity index (χ1n) is 5.40. The van der Waals surface area contributed by atoms with Crippen LogP contribution in [-0.2, 0) is 0 Å². The first kappa shape index (κ1) is 25.7. The minimum Gasteiger partial charge on any atom is -0.192 e. The van der Waals surface area contributed by atoms with E-state index in [-0.39, 0.29) is 0 Å². The Morgan fingerprint density at radius 3 is 0.778 bits per heavy atom. The van der Waals surface area contributed by atoms with Crippen LogP contribution in [0.25, 0.3) is 0 Å². The molecule has 0 aromatic carbocycles. The molecule has 0 bridgehead atoms. The van der Waals surface area contributed by atoms with Gasteiger partial charge in [0, 0.05) is 0 Å². The molecule has 0 aromatic heterocycles. The Morgan fingerprint density at radius 1 is 0.333 bits per heavy atom. The van der Waals surface area contributed by atoms with Crippen LogP contribution in [0.1, 0.15) is 0 Å². The maximum absolute atomic E-state index is 12.9. The van der Waals surface area contributed by atoms with E-state index in [4.69, 9.17) is 0 Å². The predicted octanol–water partition coefficient (Wildman–Crippen LogP) is 5.43. The zero-order valence-corrected chi connectivity index (χ0v) is 11.3. The van der Waals surface area contributed by atoms with Crippen LogP contribution in [0.5, 0.6) is 0 Å². The summed E-state index contributed by atoms with van der Waals surface area (Å²) in [5.74, 6) is -50.7. The minimum absolute atomic E-state index is 1.55. The van der Waals surface area contributed by atoms with E-state index in [9.17, 15) is 79.1 Å². The molecule has 19 heteroatoms. The van der Waals surface area contributed by atoms with Crippen LogP contribution in [0, 0.1) is 0 Å². The average Bonchev–Trinajstić information content (AvgIpc) is 2.44. The van der Waals surface area contributed by atoms with Gasteiger partial charge < -0.3 is 0 Å².